The van der Waals surface area contributed by atoms with Crippen molar-refractivity contribution in [3.63, 3.8) is 0 Å². The Morgan fingerprint density at radius 3 is 2.72 bits per heavy atom. The molecule has 0 amide bonds. The molecule has 1 heterocycles. The number of nitrogens with zero attached hydrogens (tertiary/aromatic N) is 1. The summed E-state index contributed by atoms with van der Waals surface area (Å²) in [6.07, 6.45) is 2.39. The van der Waals surface area contributed by atoms with Gasteiger partial charge in [0.2, 0.25) is 0 Å². The number of hydrogen-bond donors (Lipinski definition) is 1. The zero-order valence-corrected chi connectivity index (χ0v) is 12.8. The van der Waals surface area contributed by atoms with Crippen molar-refractivity contribution in [1.29, 1.82) is 0 Å². The van der Waals surface area contributed by atoms with Gasteiger partial charge in [0.15, 0.2) is 9.84 Å². The molecule has 0 aromatic carbocycles. The third-order valence-corrected chi connectivity index (χ3v) is 5.25. The van der Waals surface area contributed by atoms with E-state index in [1.54, 1.807) is 6.92 Å². The van der Waals surface area contributed by atoms with Crippen LogP contribution in [0.1, 0.15) is 33.6 Å². The first-order chi connectivity index (χ1) is 8.44. The Morgan fingerprint density at radius 2 is 2.11 bits per heavy atom. The molecule has 1 aliphatic rings. The van der Waals surface area contributed by atoms with Crippen molar-refractivity contribution in [3.8, 4) is 0 Å². The molecule has 0 bridgehead atoms. The van der Waals surface area contributed by atoms with Gasteiger partial charge in [0.1, 0.15) is 0 Å². The molecular formula is C13H28N2O2S. The van der Waals surface area contributed by atoms with Gasteiger partial charge in [-0.3, -0.25) is 4.90 Å². The molecule has 1 atom stereocenters. The Labute approximate surface area is 112 Å². The molecule has 5 heteroatoms. The Bertz CT molecular complexity index is 328. The number of likely N-dealkylation sites (tertiary alicyclic amines) is 1. The van der Waals surface area contributed by atoms with Crippen LogP contribution in [-0.2, 0) is 9.84 Å². The van der Waals surface area contributed by atoms with E-state index in [-0.39, 0.29) is 5.75 Å². The molecule has 0 aliphatic carbocycles. The first kappa shape index (κ1) is 15.9. The van der Waals surface area contributed by atoms with Gasteiger partial charge in [-0.1, -0.05) is 20.8 Å². The third kappa shape index (κ3) is 5.67. The molecule has 0 aromatic rings. The van der Waals surface area contributed by atoms with E-state index >= 15 is 0 Å². The highest BCUT2D eigenvalue weighted by Gasteiger charge is 2.25. The van der Waals surface area contributed by atoms with Crippen molar-refractivity contribution in [2.24, 2.45) is 5.92 Å². The SMILES string of the molecule is CCS(=O)(=O)CCN1CCCC1CNCC(C)C. The van der Waals surface area contributed by atoms with Crippen molar-refractivity contribution < 1.29 is 8.42 Å². The van der Waals surface area contributed by atoms with Crippen molar-refractivity contribution in [3.05, 3.63) is 0 Å². The van der Waals surface area contributed by atoms with Gasteiger partial charge in [-0.25, -0.2) is 8.42 Å². The summed E-state index contributed by atoms with van der Waals surface area (Å²) in [7, 11) is -2.83. The third-order valence-electron chi connectivity index (χ3n) is 3.56. The summed E-state index contributed by atoms with van der Waals surface area (Å²) in [5, 5.41) is 3.48. The van der Waals surface area contributed by atoms with Gasteiger partial charge in [-0.15, -0.1) is 0 Å². The normalized spacial score (nSPS) is 21.9. The second kappa shape index (κ2) is 7.46. The minimum Gasteiger partial charge on any atom is -0.315 e. The zero-order chi connectivity index (χ0) is 13.6. The van der Waals surface area contributed by atoms with E-state index in [0.29, 0.717) is 24.3 Å². The van der Waals surface area contributed by atoms with E-state index in [1.165, 1.54) is 12.8 Å². The van der Waals surface area contributed by atoms with Crippen molar-refractivity contribution in [2.45, 2.75) is 39.7 Å². The van der Waals surface area contributed by atoms with Gasteiger partial charge >= 0.3 is 0 Å². The Balaban J connectivity index is 2.31. The van der Waals surface area contributed by atoms with E-state index in [9.17, 15) is 8.42 Å². The predicted octanol–water partition coefficient (Wildman–Crippen LogP) is 1.13. The molecule has 1 N–H and O–H groups in total. The van der Waals surface area contributed by atoms with Crippen LogP contribution in [-0.4, -0.2) is 57.0 Å². The summed E-state index contributed by atoms with van der Waals surface area (Å²) in [6.45, 7) is 9.90. The largest absolute Gasteiger partial charge is 0.315 e. The first-order valence-electron chi connectivity index (χ1n) is 7.09. The summed E-state index contributed by atoms with van der Waals surface area (Å²) in [4.78, 5) is 2.33. The van der Waals surface area contributed by atoms with Gasteiger partial charge in [-0.05, 0) is 31.8 Å². The van der Waals surface area contributed by atoms with Crippen molar-refractivity contribution in [1.82, 2.24) is 10.2 Å². The molecule has 0 saturated carbocycles. The highest BCUT2D eigenvalue weighted by molar-refractivity contribution is 7.91. The van der Waals surface area contributed by atoms with E-state index in [4.69, 9.17) is 0 Å². The van der Waals surface area contributed by atoms with Gasteiger partial charge < -0.3 is 5.32 Å². The zero-order valence-electron chi connectivity index (χ0n) is 12.0. The average Bonchev–Trinajstić information content (AvgIpc) is 2.74. The van der Waals surface area contributed by atoms with E-state index in [0.717, 1.165) is 19.6 Å². The van der Waals surface area contributed by atoms with Gasteiger partial charge in [0.05, 0.1) is 5.75 Å². The Kier molecular flexibility index (Phi) is 6.60. The molecule has 108 valence electrons. The van der Waals surface area contributed by atoms with Crippen LogP contribution in [0.5, 0.6) is 0 Å². The van der Waals surface area contributed by atoms with Crippen LogP contribution in [0, 0.1) is 5.92 Å². The van der Waals surface area contributed by atoms with Gasteiger partial charge in [-0.2, -0.15) is 0 Å². The first-order valence-corrected chi connectivity index (χ1v) is 8.92. The standard InChI is InChI=1S/C13H28N2O2S/c1-4-18(16,17)9-8-15-7-5-6-13(15)11-14-10-12(2)3/h12-14H,4-11H2,1-3H3. The fraction of sp³-hybridized carbons (Fsp3) is 1.00. The molecule has 1 rings (SSSR count). The van der Waals surface area contributed by atoms with Crippen LogP contribution in [0.15, 0.2) is 0 Å². The molecule has 0 spiro atoms. The fourth-order valence-electron chi connectivity index (χ4n) is 2.36. The highest BCUT2D eigenvalue weighted by Crippen LogP contribution is 2.16. The minimum absolute atomic E-state index is 0.261. The second-order valence-corrected chi connectivity index (χ2v) is 8.09. The highest BCUT2D eigenvalue weighted by atomic mass is 32.2. The summed E-state index contributed by atoms with van der Waals surface area (Å²) in [6, 6.07) is 0.524. The van der Waals surface area contributed by atoms with Crippen LogP contribution >= 0.6 is 0 Å². The number of nitrogens with one attached hydrogen (secondary N) is 1. The quantitative estimate of drug-likeness (QED) is 0.722. The summed E-state index contributed by atoms with van der Waals surface area (Å²) in [5.41, 5.74) is 0. The van der Waals surface area contributed by atoms with Crippen LogP contribution in [0.25, 0.3) is 0 Å². The molecule has 1 unspecified atom stereocenters. The maximum absolute atomic E-state index is 11.5. The van der Waals surface area contributed by atoms with Crippen molar-refractivity contribution in [2.75, 3.05) is 37.7 Å². The van der Waals surface area contributed by atoms with Crippen LogP contribution in [0.4, 0.5) is 0 Å². The maximum atomic E-state index is 11.5. The topological polar surface area (TPSA) is 49.4 Å². The lowest BCUT2D eigenvalue weighted by Gasteiger charge is -2.25. The van der Waals surface area contributed by atoms with E-state index < -0.39 is 9.84 Å². The second-order valence-electron chi connectivity index (χ2n) is 5.62. The monoisotopic (exact) mass is 276 g/mol. The predicted molar refractivity (Wildman–Crippen MR) is 76.6 cm³/mol. The van der Waals surface area contributed by atoms with Crippen LogP contribution < -0.4 is 5.32 Å². The van der Waals surface area contributed by atoms with E-state index in [1.807, 2.05) is 0 Å². The lowest BCUT2D eigenvalue weighted by Crippen LogP contribution is -2.41. The Hall–Kier alpha value is -0.130. The van der Waals surface area contributed by atoms with E-state index in [2.05, 4.69) is 24.1 Å². The molecule has 1 aliphatic heterocycles. The molecule has 0 radical (unpaired) electrons. The molecular weight excluding hydrogens is 248 g/mol. The average molecular weight is 276 g/mol. The molecule has 1 fully saturated rings. The van der Waals surface area contributed by atoms with Gasteiger partial charge in [0, 0.05) is 24.9 Å². The van der Waals surface area contributed by atoms with Crippen molar-refractivity contribution >= 4 is 9.84 Å². The molecule has 0 aromatic heterocycles. The maximum Gasteiger partial charge on any atom is 0.151 e. The van der Waals surface area contributed by atoms with Crippen LogP contribution in [0.3, 0.4) is 0 Å². The van der Waals surface area contributed by atoms with Crippen LogP contribution in [0.2, 0.25) is 0 Å². The number of sulfone groups is 1. The summed E-state index contributed by atoms with van der Waals surface area (Å²) >= 11 is 0. The summed E-state index contributed by atoms with van der Waals surface area (Å²) in [5.74, 6) is 1.24. The molecule has 18 heavy (non-hydrogen) atoms. The minimum atomic E-state index is -2.83. The number of rotatable bonds is 8. The Morgan fingerprint density at radius 1 is 1.39 bits per heavy atom. The fourth-order valence-corrected chi connectivity index (χ4v) is 3.16. The van der Waals surface area contributed by atoms with Gasteiger partial charge in [0.25, 0.3) is 0 Å². The summed E-state index contributed by atoms with van der Waals surface area (Å²) < 4.78 is 23.0. The molecule has 4 nitrogen and oxygen atoms in total. The lowest BCUT2D eigenvalue weighted by atomic mass is 10.2. The lowest BCUT2D eigenvalue weighted by molar-refractivity contribution is 0.259. The smallest absolute Gasteiger partial charge is 0.151 e. The molecule has 1 saturated heterocycles. The number of hydrogen-bond acceptors (Lipinski definition) is 4.